The third kappa shape index (κ3) is 42.8. The van der Waals surface area contributed by atoms with Crippen molar-refractivity contribution in [3.05, 3.63) is 85.1 Å². The summed E-state index contributed by atoms with van der Waals surface area (Å²) in [5, 5.41) is 54.2. The van der Waals surface area contributed by atoms with Crippen LogP contribution in [-0.4, -0.2) is 100 Å². The van der Waals surface area contributed by atoms with Gasteiger partial charge in [0.05, 0.1) is 32.0 Å². The van der Waals surface area contributed by atoms with Crippen LogP contribution in [0, 0.1) is 0 Å². The van der Waals surface area contributed by atoms with Crippen molar-refractivity contribution in [1.82, 2.24) is 5.32 Å². The highest BCUT2D eigenvalue weighted by molar-refractivity contribution is 5.76. The summed E-state index contributed by atoms with van der Waals surface area (Å²) in [4.78, 5) is 25.1. The Kier molecular flexibility index (Phi) is 50.2. The van der Waals surface area contributed by atoms with Gasteiger partial charge in [0.1, 0.15) is 24.4 Å². The SMILES string of the molecule is CC/C=C/CC/C=C/CC/C=C/C(O)C(COC1OC(CO)C(O)C(O)C1O)NC(=O)CCCCCCCCCCCC/C=C\C=C/CCCCCOC(=O)CCCCCCCCCCC/C=C\C/C=C\CCCCC. The van der Waals surface area contributed by atoms with Gasteiger partial charge in [-0.1, -0.05) is 208 Å². The van der Waals surface area contributed by atoms with E-state index in [0.717, 1.165) is 103 Å². The van der Waals surface area contributed by atoms with Gasteiger partial charge in [0.25, 0.3) is 0 Å². The summed E-state index contributed by atoms with van der Waals surface area (Å²) in [7, 11) is 0. The van der Waals surface area contributed by atoms with Gasteiger partial charge in [-0.2, -0.15) is 0 Å². The molecule has 0 aromatic heterocycles. The fourth-order valence-corrected chi connectivity index (χ4v) is 9.08. The second-order valence-electron chi connectivity index (χ2n) is 21.0. The van der Waals surface area contributed by atoms with E-state index >= 15 is 0 Å². The predicted molar refractivity (Wildman–Crippen MR) is 315 cm³/mol. The van der Waals surface area contributed by atoms with E-state index in [4.69, 9.17) is 14.2 Å². The van der Waals surface area contributed by atoms with Crippen molar-refractivity contribution >= 4 is 11.9 Å². The molecule has 0 spiro atoms. The summed E-state index contributed by atoms with van der Waals surface area (Å²) in [5.41, 5.74) is 0. The van der Waals surface area contributed by atoms with E-state index in [2.05, 4.69) is 92.1 Å². The van der Waals surface area contributed by atoms with E-state index in [1.807, 2.05) is 6.08 Å². The number of allylic oxidation sites excluding steroid dienone is 13. The number of hydrogen-bond acceptors (Lipinski definition) is 10. The average molecular weight is 1070 g/mol. The van der Waals surface area contributed by atoms with Crippen molar-refractivity contribution in [3.63, 3.8) is 0 Å². The molecule has 1 amide bonds. The van der Waals surface area contributed by atoms with Crippen molar-refractivity contribution < 1.29 is 49.3 Å². The van der Waals surface area contributed by atoms with Crippen LogP contribution in [0.1, 0.15) is 251 Å². The first-order chi connectivity index (χ1) is 37.2. The number of esters is 1. The molecule has 1 saturated heterocycles. The summed E-state index contributed by atoms with van der Waals surface area (Å²) in [6, 6.07) is -0.844. The third-order valence-corrected chi connectivity index (χ3v) is 14.0. The lowest BCUT2D eigenvalue weighted by atomic mass is 9.99. The summed E-state index contributed by atoms with van der Waals surface area (Å²) in [6.07, 6.45) is 62.7. The number of nitrogens with one attached hydrogen (secondary N) is 1. The topological polar surface area (TPSA) is 175 Å². The fraction of sp³-hybridized carbons (Fsp3) is 0.754. The van der Waals surface area contributed by atoms with E-state index < -0.39 is 49.5 Å². The Morgan fingerprint density at radius 3 is 1.51 bits per heavy atom. The van der Waals surface area contributed by atoms with Crippen LogP contribution in [0.15, 0.2) is 85.1 Å². The minimum atomic E-state index is -1.59. The molecular weight excluding hydrogens is 955 g/mol. The van der Waals surface area contributed by atoms with Gasteiger partial charge in [0, 0.05) is 12.8 Å². The van der Waals surface area contributed by atoms with Crippen LogP contribution in [0.4, 0.5) is 0 Å². The molecule has 7 atom stereocenters. The Morgan fingerprint density at radius 2 is 0.974 bits per heavy atom. The number of amides is 1. The minimum absolute atomic E-state index is 0.0343. The Balaban J connectivity index is 2.04. The van der Waals surface area contributed by atoms with Crippen LogP contribution in [0.5, 0.6) is 0 Å². The normalized spacial score (nSPS) is 19.3. The number of carbonyl (C=O) groups is 2. The molecule has 1 heterocycles. The Morgan fingerprint density at radius 1 is 0.513 bits per heavy atom. The quantitative estimate of drug-likeness (QED) is 0.0149. The zero-order valence-corrected chi connectivity index (χ0v) is 48.2. The van der Waals surface area contributed by atoms with Crippen LogP contribution < -0.4 is 5.32 Å². The molecule has 0 aromatic rings. The summed E-state index contributed by atoms with van der Waals surface area (Å²) >= 11 is 0. The molecule has 0 radical (unpaired) electrons. The van der Waals surface area contributed by atoms with Gasteiger partial charge in [-0.3, -0.25) is 9.59 Å². The number of unbranched alkanes of at least 4 members (excludes halogenated alkanes) is 27. The number of aliphatic hydroxyl groups is 5. The van der Waals surface area contributed by atoms with Crippen molar-refractivity contribution in [2.24, 2.45) is 0 Å². The molecule has 438 valence electrons. The van der Waals surface area contributed by atoms with Gasteiger partial charge in [-0.05, 0) is 116 Å². The molecule has 0 bridgehead atoms. The Labute approximate surface area is 463 Å². The van der Waals surface area contributed by atoms with Crippen molar-refractivity contribution in [2.75, 3.05) is 19.8 Å². The molecule has 1 aliphatic rings. The van der Waals surface area contributed by atoms with Crippen molar-refractivity contribution in [2.45, 2.75) is 294 Å². The van der Waals surface area contributed by atoms with Crippen LogP contribution >= 0.6 is 0 Å². The molecule has 6 N–H and O–H groups in total. The highest BCUT2D eigenvalue weighted by Crippen LogP contribution is 2.23. The monoisotopic (exact) mass is 1070 g/mol. The van der Waals surface area contributed by atoms with Crippen LogP contribution in [0.2, 0.25) is 0 Å². The van der Waals surface area contributed by atoms with Crippen LogP contribution in [0.3, 0.4) is 0 Å². The van der Waals surface area contributed by atoms with Crippen LogP contribution in [0.25, 0.3) is 0 Å². The molecule has 1 aliphatic heterocycles. The molecule has 11 heteroatoms. The molecule has 76 heavy (non-hydrogen) atoms. The summed E-state index contributed by atoms with van der Waals surface area (Å²) in [5.74, 6) is -0.245. The van der Waals surface area contributed by atoms with Crippen molar-refractivity contribution in [1.29, 1.82) is 0 Å². The lowest BCUT2D eigenvalue weighted by molar-refractivity contribution is -0.302. The number of carbonyl (C=O) groups excluding carboxylic acids is 2. The van der Waals surface area contributed by atoms with Gasteiger partial charge >= 0.3 is 5.97 Å². The van der Waals surface area contributed by atoms with E-state index in [9.17, 15) is 35.1 Å². The minimum Gasteiger partial charge on any atom is -0.466 e. The zero-order valence-electron chi connectivity index (χ0n) is 48.2. The number of ether oxygens (including phenoxy) is 3. The van der Waals surface area contributed by atoms with Gasteiger partial charge in [-0.15, -0.1) is 0 Å². The number of hydrogen-bond donors (Lipinski definition) is 6. The third-order valence-electron chi connectivity index (χ3n) is 14.0. The molecular formula is C65H113NO10. The lowest BCUT2D eigenvalue weighted by Crippen LogP contribution is -2.60. The van der Waals surface area contributed by atoms with E-state index in [0.29, 0.717) is 25.9 Å². The standard InChI is InChI=1S/C65H113NO10/c1-3-5-7-9-11-13-15-16-17-18-20-24-27-30-33-37-41-45-49-53-61(70)74-54-50-46-42-38-34-31-28-25-22-19-21-23-26-29-32-36-40-44-48-52-60(69)66-57(56-75-65-64(73)63(72)62(71)59(55-67)76-65)58(68)51-47-43-39-35-14-12-10-8-6-4-2/h6,8,11,13-14,16-17,25,28,31,34-35,47,51,57-59,62-65,67-68,71-73H,3-5,7,9-10,12,15,18-24,26-27,29-30,32-33,36-46,48-50,52-56H2,1-2H3,(H,66,69)/b8-6+,13-11-,17-16-,28-25-,34-31-,35-14+,51-47+. The van der Waals surface area contributed by atoms with E-state index in [1.54, 1.807) is 6.08 Å². The summed E-state index contributed by atoms with van der Waals surface area (Å²) in [6.45, 7) is 4.11. The molecule has 1 fully saturated rings. The molecule has 0 aliphatic carbocycles. The molecule has 7 unspecified atom stereocenters. The van der Waals surface area contributed by atoms with E-state index in [1.165, 1.54) is 116 Å². The predicted octanol–water partition coefficient (Wildman–Crippen LogP) is 14.6. The van der Waals surface area contributed by atoms with Crippen molar-refractivity contribution in [3.8, 4) is 0 Å². The van der Waals surface area contributed by atoms with Gasteiger partial charge in [0.2, 0.25) is 5.91 Å². The van der Waals surface area contributed by atoms with Gasteiger partial charge in [-0.25, -0.2) is 0 Å². The number of rotatable bonds is 52. The fourth-order valence-electron chi connectivity index (χ4n) is 9.08. The summed E-state index contributed by atoms with van der Waals surface area (Å²) < 4.78 is 16.7. The zero-order chi connectivity index (χ0) is 55.2. The second kappa shape index (κ2) is 53.8. The average Bonchev–Trinajstić information content (AvgIpc) is 3.42. The molecule has 11 nitrogen and oxygen atoms in total. The molecule has 1 rings (SSSR count). The first-order valence-electron chi connectivity index (χ1n) is 30.9. The first kappa shape index (κ1) is 70.9. The number of aliphatic hydroxyl groups excluding tert-OH is 5. The highest BCUT2D eigenvalue weighted by Gasteiger charge is 2.44. The largest absolute Gasteiger partial charge is 0.466 e. The smallest absolute Gasteiger partial charge is 0.305 e. The Bertz CT molecular complexity index is 1540. The van der Waals surface area contributed by atoms with Gasteiger partial charge < -0.3 is 45.1 Å². The van der Waals surface area contributed by atoms with Gasteiger partial charge in [0.15, 0.2) is 6.29 Å². The second-order valence-corrected chi connectivity index (χ2v) is 21.0. The first-order valence-corrected chi connectivity index (χ1v) is 30.9. The maximum atomic E-state index is 13.0. The maximum absolute atomic E-state index is 13.0. The molecule has 0 saturated carbocycles. The maximum Gasteiger partial charge on any atom is 0.305 e. The Hall–Kier alpha value is -3.16. The van der Waals surface area contributed by atoms with Crippen LogP contribution in [-0.2, 0) is 23.8 Å². The highest BCUT2D eigenvalue weighted by atomic mass is 16.7. The molecule has 0 aromatic carbocycles. The lowest BCUT2D eigenvalue weighted by Gasteiger charge is -2.40. The van der Waals surface area contributed by atoms with E-state index in [-0.39, 0.29) is 18.5 Å².